The zero-order valence-corrected chi connectivity index (χ0v) is 5.20. The molecular formula is C6H12O3. The third-order valence-corrected chi connectivity index (χ3v) is 1.63. The van der Waals surface area contributed by atoms with E-state index in [0.29, 0.717) is 19.3 Å². The summed E-state index contributed by atoms with van der Waals surface area (Å²) < 4.78 is 0. The van der Waals surface area contributed by atoms with E-state index in [-0.39, 0.29) is 0 Å². The van der Waals surface area contributed by atoms with Gasteiger partial charge < -0.3 is 15.3 Å². The van der Waals surface area contributed by atoms with Gasteiger partial charge in [0.05, 0.1) is 18.3 Å². The molecule has 1 aliphatic carbocycles. The average molecular weight is 132 g/mol. The van der Waals surface area contributed by atoms with Crippen molar-refractivity contribution < 1.29 is 15.3 Å². The molecule has 9 heavy (non-hydrogen) atoms. The number of rotatable bonds is 0. The molecule has 1 rings (SSSR count). The topological polar surface area (TPSA) is 60.7 Å². The number of hydrogen-bond donors (Lipinski definition) is 3. The van der Waals surface area contributed by atoms with E-state index in [1.165, 1.54) is 0 Å². The second kappa shape index (κ2) is 2.64. The van der Waals surface area contributed by atoms with E-state index in [4.69, 9.17) is 15.3 Å². The quantitative estimate of drug-likeness (QED) is 0.406. The van der Waals surface area contributed by atoms with Gasteiger partial charge in [0.2, 0.25) is 0 Å². The highest BCUT2D eigenvalue weighted by Crippen LogP contribution is 2.18. The third-order valence-electron chi connectivity index (χ3n) is 1.63. The van der Waals surface area contributed by atoms with Crippen LogP contribution in [0.1, 0.15) is 19.3 Å². The summed E-state index contributed by atoms with van der Waals surface area (Å²) in [6.07, 6.45) is -0.290. The summed E-state index contributed by atoms with van der Waals surface area (Å²) in [5.74, 6) is 0. The Balaban J connectivity index is 2.34. The van der Waals surface area contributed by atoms with Crippen molar-refractivity contribution in [1.82, 2.24) is 0 Å². The van der Waals surface area contributed by atoms with Crippen LogP contribution in [0.5, 0.6) is 0 Å². The van der Waals surface area contributed by atoms with Crippen LogP contribution in [-0.2, 0) is 0 Å². The van der Waals surface area contributed by atoms with Crippen LogP contribution in [0.4, 0.5) is 0 Å². The molecule has 0 bridgehead atoms. The third kappa shape index (κ3) is 1.93. The number of aliphatic hydroxyl groups is 3. The maximum Gasteiger partial charge on any atom is 0.0589 e. The first-order valence-electron chi connectivity index (χ1n) is 3.22. The van der Waals surface area contributed by atoms with Gasteiger partial charge >= 0.3 is 0 Å². The minimum absolute atomic E-state index is 0.414. The Hall–Kier alpha value is -0.120. The second-order valence-corrected chi connectivity index (χ2v) is 2.67. The van der Waals surface area contributed by atoms with E-state index >= 15 is 0 Å². The van der Waals surface area contributed by atoms with Crippen molar-refractivity contribution in [3.63, 3.8) is 0 Å². The molecule has 0 aromatic heterocycles. The monoisotopic (exact) mass is 132 g/mol. The molecule has 0 radical (unpaired) electrons. The molecule has 0 heterocycles. The zero-order valence-electron chi connectivity index (χ0n) is 5.20. The van der Waals surface area contributed by atoms with Gasteiger partial charge in [-0.2, -0.15) is 0 Å². The predicted molar refractivity (Wildman–Crippen MR) is 31.9 cm³/mol. The van der Waals surface area contributed by atoms with Crippen LogP contribution in [0.25, 0.3) is 0 Å². The van der Waals surface area contributed by atoms with Crippen molar-refractivity contribution in [3.8, 4) is 0 Å². The molecule has 0 aromatic rings. The molecule has 0 saturated heterocycles. The lowest BCUT2D eigenvalue weighted by molar-refractivity contribution is -0.0247. The molecule has 0 spiro atoms. The normalized spacial score (nSPS) is 45.0. The molecule has 3 N–H and O–H groups in total. The van der Waals surface area contributed by atoms with Crippen LogP contribution in [-0.4, -0.2) is 33.6 Å². The van der Waals surface area contributed by atoms with E-state index in [9.17, 15) is 0 Å². The summed E-state index contributed by atoms with van der Waals surface area (Å²) in [6.45, 7) is 0. The van der Waals surface area contributed by atoms with Gasteiger partial charge in [0, 0.05) is 0 Å². The highest BCUT2D eigenvalue weighted by molar-refractivity contribution is 4.76. The number of hydrogen-bond acceptors (Lipinski definition) is 3. The fraction of sp³-hybridized carbons (Fsp3) is 1.00. The predicted octanol–water partition coefficient (Wildman–Crippen LogP) is -0.747. The van der Waals surface area contributed by atoms with Gasteiger partial charge in [0.15, 0.2) is 0 Å². The molecule has 0 aromatic carbocycles. The Kier molecular flexibility index (Phi) is 2.05. The molecule has 0 aliphatic heterocycles. The first-order chi connectivity index (χ1) is 4.18. The summed E-state index contributed by atoms with van der Waals surface area (Å²) in [6, 6.07) is 0. The minimum atomic E-state index is -0.510. The van der Waals surface area contributed by atoms with E-state index in [1.807, 2.05) is 0 Å². The van der Waals surface area contributed by atoms with Crippen LogP contribution in [0.15, 0.2) is 0 Å². The summed E-state index contributed by atoms with van der Waals surface area (Å²) in [5.41, 5.74) is 0. The lowest BCUT2D eigenvalue weighted by Crippen LogP contribution is -2.32. The van der Waals surface area contributed by atoms with Gasteiger partial charge in [0.25, 0.3) is 0 Å². The fourth-order valence-corrected chi connectivity index (χ4v) is 1.23. The Morgan fingerprint density at radius 1 is 0.667 bits per heavy atom. The lowest BCUT2D eigenvalue weighted by Gasteiger charge is -2.25. The smallest absolute Gasteiger partial charge is 0.0589 e. The molecule has 1 fully saturated rings. The van der Waals surface area contributed by atoms with Crippen LogP contribution < -0.4 is 0 Å². The molecule has 3 heteroatoms. The van der Waals surface area contributed by atoms with E-state index < -0.39 is 18.3 Å². The molecule has 1 saturated carbocycles. The van der Waals surface area contributed by atoms with Crippen molar-refractivity contribution in [2.75, 3.05) is 0 Å². The number of aliphatic hydroxyl groups excluding tert-OH is 3. The van der Waals surface area contributed by atoms with Crippen molar-refractivity contribution >= 4 is 0 Å². The van der Waals surface area contributed by atoms with Crippen molar-refractivity contribution in [1.29, 1.82) is 0 Å². The lowest BCUT2D eigenvalue weighted by atomic mass is 9.93. The molecule has 1 aliphatic rings. The zero-order chi connectivity index (χ0) is 6.85. The average Bonchev–Trinajstić information content (AvgIpc) is 1.59. The summed E-state index contributed by atoms with van der Waals surface area (Å²) >= 11 is 0. The van der Waals surface area contributed by atoms with E-state index in [2.05, 4.69) is 0 Å². The van der Waals surface area contributed by atoms with Gasteiger partial charge in [-0.25, -0.2) is 0 Å². The van der Waals surface area contributed by atoms with E-state index in [0.717, 1.165) is 0 Å². The van der Waals surface area contributed by atoms with E-state index in [1.54, 1.807) is 0 Å². The maximum absolute atomic E-state index is 8.93. The Bertz CT molecular complexity index is 69.3. The standard InChI is InChI=1S/C6H12O3/c7-4-1-5(8)3-6(9)2-4/h4-9H,1-3H2. The van der Waals surface area contributed by atoms with Gasteiger partial charge in [-0.3, -0.25) is 0 Å². The van der Waals surface area contributed by atoms with Crippen LogP contribution in [0, 0.1) is 0 Å². The van der Waals surface area contributed by atoms with Gasteiger partial charge in [-0.05, 0) is 19.3 Å². The SMILES string of the molecule is OC1C[C@H](O)C[C@@H](O)C1. The second-order valence-electron chi connectivity index (χ2n) is 2.67. The van der Waals surface area contributed by atoms with Crippen LogP contribution in [0.3, 0.4) is 0 Å². The summed E-state index contributed by atoms with van der Waals surface area (Å²) in [7, 11) is 0. The fourth-order valence-electron chi connectivity index (χ4n) is 1.23. The van der Waals surface area contributed by atoms with Crippen LogP contribution >= 0.6 is 0 Å². The maximum atomic E-state index is 8.93. The largest absolute Gasteiger partial charge is 0.393 e. The molecular weight excluding hydrogens is 120 g/mol. The molecule has 0 unspecified atom stereocenters. The summed E-state index contributed by atoms with van der Waals surface area (Å²) in [4.78, 5) is 0. The Morgan fingerprint density at radius 2 is 0.889 bits per heavy atom. The highest BCUT2D eigenvalue weighted by Gasteiger charge is 2.24. The Morgan fingerprint density at radius 3 is 1.11 bits per heavy atom. The summed E-state index contributed by atoms with van der Waals surface area (Å²) in [5, 5.41) is 26.8. The molecule has 0 atom stereocenters. The molecule has 0 amide bonds. The van der Waals surface area contributed by atoms with Gasteiger partial charge in [-0.1, -0.05) is 0 Å². The highest BCUT2D eigenvalue weighted by atomic mass is 16.3. The van der Waals surface area contributed by atoms with Crippen molar-refractivity contribution in [2.45, 2.75) is 37.6 Å². The molecule has 54 valence electrons. The van der Waals surface area contributed by atoms with Gasteiger partial charge in [-0.15, -0.1) is 0 Å². The van der Waals surface area contributed by atoms with Crippen molar-refractivity contribution in [3.05, 3.63) is 0 Å². The first kappa shape index (κ1) is 6.99. The Labute approximate surface area is 53.9 Å². The van der Waals surface area contributed by atoms with Crippen molar-refractivity contribution in [2.24, 2.45) is 0 Å². The minimum Gasteiger partial charge on any atom is -0.393 e. The first-order valence-corrected chi connectivity index (χ1v) is 3.22. The van der Waals surface area contributed by atoms with Gasteiger partial charge in [0.1, 0.15) is 0 Å². The van der Waals surface area contributed by atoms with Crippen LogP contribution in [0.2, 0.25) is 0 Å². The molecule has 3 nitrogen and oxygen atoms in total.